The van der Waals surface area contributed by atoms with Gasteiger partial charge in [-0.25, -0.2) is 9.67 Å². The molecule has 1 amide bonds. The maximum Gasteiger partial charge on any atom is 0.224 e. The number of hydrogen-bond acceptors (Lipinski definition) is 4. The average Bonchev–Trinajstić information content (AvgIpc) is 3.47. The molecule has 0 spiro atoms. The Morgan fingerprint density at radius 1 is 1.14 bits per heavy atom. The number of nitrogens with one attached hydrogen (secondary N) is 1. The number of rotatable bonds is 5. The quantitative estimate of drug-likeness (QED) is 0.583. The van der Waals surface area contributed by atoms with Crippen molar-refractivity contribution < 1.29 is 9.21 Å². The van der Waals surface area contributed by atoms with Gasteiger partial charge in [-0.3, -0.25) is 4.79 Å². The van der Waals surface area contributed by atoms with Crippen molar-refractivity contribution in [2.24, 2.45) is 0 Å². The Bertz CT molecular complexity index is 1130. The molecule has 5 rings (SSSR count). The van der Waals surface area contributed by atoms with E-state index < -0.39 is 0 Å². The number of benzene rings is 2. The van der Waals surface area contributed by atoms with Gasteiger partial charge in [-0.15, -0.1) is 0 Å². The van der Waals surface area contributed by atoms with Crippen molar-refractivity contribution >= 4 is 16.9 Å². The fourth-order valence-corrected chi connectivity index (χ4v) is 3.83. The molecule has 1 N–H and O–H groups in total. The molecular formula is C22H20N4O2. The highest BCUT2D eigenvalue weighted by molar-refractivity contribution is 5.88. The molecule has 0 saturated heterocycles. The molecule has 1 aliphatic carbocycles. The lowest BCUT2D eigenvalue weighted by Gasteiger charge is -2.06. The summed E-state index contributed by atoms with van der Waals surface area (Å²) in [4.78, 5) is 16.4. The van der Waals surface area contributed by atoms with Crippen LogP contribution in [0.5, 0.6) is 0 Å². The van der Waals surface area contributed by atoms with E-state index in [2.05, 4.69) is 27.5 Å². The predicted octanol–water partition coefficient (Wildman–Crippen LogP) is 3.36. The fourth-order valence-electron chi connectivity index (χ4n) is 3.83. The first-order valence-electron chi connectivity index (χ1n) is 9.49. The van der Waals surface area contributed by atoms with E-state index in [1.807, 2.05) is 24.3 Å². The van der Waals surface area contributed by atoms with E-state index in [1.165, 1.54) is 23.9 Å². The molecule has 0 bridgehead atoms. The second-order valence-corrected chi connectivity index (χ2v) is 7.19. The Morgan fingerprint density at radius 2 is 1.96 bits per heavy atom. The summed E-state index contributed by atoms with van der Waals surface area (Å²) in [5.74, 6) is -0.0106. The first kappa shape index (κ1) is 16.7. The summed E-state index contributed by atoms with van der Waals surface area (Å²) in [6, 6.07) is 12.2. The largest absolute Gasteiger partial charge is 0.464 e. The van der Waals surface area contributed by atoms with Gasteiger partial charge in [0.15, 0.2) is 0 Å². The summed E-state index contributed by atoms with van der Waals surface area (Å²) in [5.41, 5.74) is 6.57. The summed E-state index contributed by atoms with van der Waals surface area (Å²) in [6.07, 6.45) is 8.64. The van der Waals surface area contributed by atoms with Crippen LogP contribution in [-0.4, -0.2) is 20.7 Å². The monoisotopic (exact) mass is 372 g/mol. The third kappa shape index (κ3) is 3.17. The Morgan fingerprint density at radius 3 is 2.75 bits per heavy atom. The van der Waals surface area contributed by atoms with E-state index in [0.717, 1.165) is 40.6 Å². The molecule has 1 aliphatic rings. The predicted molar refractivity (Wildman–Crippen MR) is 105 cm³/mol. The van der Waals surface area contributed by atoms with Crippen LogP contribution in [0.3, 0.4) is 0 Å². The molecule has 0 radical (unpaired) electrons. The summed E-state index contributed by atoms with van der Waals surface area (Å²) in [7, 11) is 0. The first-order valence-corrected chi connectivity index (χ1v) is 9.49. The van der Waals surface area contributed by atoms with Crippen LogP contribution in [0, 0.1) is 0 Å². The number of amides is 1. The third-order valence-electron chi connectivity index (χ3n) is 5.33. The molecule has 2 aromatic carbocycles. The number of carbonyl (C=O) groups excluding carboxylic acids is 1. The van der Waals surface area contributed by atoms with Gasteiger partial charge < -0.3 is 9.73 Å². The van der Waals surface area contributed by atoms with E-state index in [9.17, 15) is 4.79 Å². The van der Waals surface area contributed by atoms with Crippen LogP contribution in [0.1, 0.15) is 28.7 Å². The molecule has 0 saturated carbocycles. The van der Waals surface area contributed by atoms with Gasteiger partial charge in [0.2, 0.25) is 5.91 Å². The minimum absolute atomic E-state index is 0.0106. The van der Waals surface area contributed by atoms with Crippen molar-refractivity contribution in [3.05, 3.63) is 77.6 Å². The fraction of sp³-hybridized carbons (Fsp3) is 0.227. The molecule has 0 unspecified atom stereocenters. The van der Waals surface area contributed by atoms with Gasteiger partial charge in [-0.1, -0.05) is 12.1 Å². The molecule has 0 atom stereocenters. The van der Waals surface area contributed by atoms with E-state index >= 15 is 0 Å². The number of carbonyl (C=O) groups is 1. The van der Waals surface area contributed by atoms with Crippen LogP contribution in [-0.2, 0) is 30.6 Å². The van der Waals surface area contributed by atoms with Gasteiger partial charge in [0.25, 0.3) is 0 Å². The van der Waals surface area contributed by atoms with E-state index in [0.29, 0.717) is 13.0 Å². The standard InChI is InChI=1S/C22H20N4O2/c27-22(24-11-15-4-6-19(7-5-15)26-14-23-13-25-26)10-18-12-28-21-9-17-3-1-2-16(17)8-20(18)21/h4-9,12-14H,1-3,10-11H2,(H,24,27). The zero-order chi connectivity index (χ0) is 18.9. The van der Waals surface area contributed by atoms with Crippen LogP contribution < -0.4 is 5.32 Å². The number of nitrogens with zero attached hydrogens (tertiary/aromatic N) is 3. The van der Waals surface area contributed by atoms with Gasteiger partial charge in [-0.05, 0) is 60.2 Å². The van der Waals surface area contributed by atoms with Gasteiger partial charge in [0, 0.05) is 17.5 Å². The molecular weight excluding hydrogens is 352 g/mol. The SMILES string of the molecule is O=C(Cc1coc2cc3c(cc12)CCC3)NCc1ccc(-n2cncn2)cc1. The number of fused-ring (bicyclic) bond motifs is 2. The van der Waals surface area contributed by atoms with Crippen LogP contribution in [0.2, 0.25) is 0 Å². The zero-order valence-corrected chi connectivity index (χ0v) is 15.4. The topological polar surface area (TPSA) is 73.0 Å². The van der Waals surface area contributed by atoms with Crippen molar-refractivity contribution in [3.63, 3.8) is 0 Å². The van der Waals surface area contributed by atoms with Crippen LogP contribution in [0.15, 0.2) is 59.7 Å². The second kappa shape index (κ2) is 6.96. The molecule has 4 aromatic rings. The molecule has 2 heterocycles. The van der Waals surface area contributed by atoms with E-state index in [4.69, 9.17) is 4.42 Å². The van der Waals surface area contributed by atoms with Gasteiger partial charge in [-0.2, -0.15) is 5.10 Å². The number of aromatic nitrogens is 3. The van der Waals surface area contributed by atoms with Crippen LogP contribution in [0.25, 0.3) is 16.7 Å². The van der Waals surface area contributed by atoms with Crippen molar-refractivity contribution in [2.45, 2.75) is 32.2 Å². The van der Waals surface area contributed by atoms with Crippen LogP contribution >= 0.6 is 0 Å². The molecule has 6 heteroatoms. The maximum absolute atomic E-state index is 12.4. The molecule has 140 valence electrons. The molecule has 28 heavy (non-hydrogen) atoms. The van der Waals surface area contributed by atoms with E-state index in [1.54, 1.807) is 17.3 Å². The Hall–Kier alpha value is -3.41. The zero-order valence-electron chi connectivity index (χ0n) is 15.4. The highest BCUT2D eigenvalue weighted by atomic mass is 16.3. The van der Waals surface area contributed by atoms with Gasteiger partial charge in [0.1, 0.15) is 18.2 Å². The van der Waals surface area contributed by atoms with Crippen LogP contribution in [0.4, 0.5) is 0 Å². The summed E-state index contributed by atoms with van der Waals surface area (Å²) in [6.45, 7) is 0.488. The number of aryl methyl sites for hydroxylation is 2. The minimum atomic E-state index is -0.0106. The van der Waals surface area contributed by atoms with Gasteiger partial charge in [0.05, 0.1) is 18.4 Å². The van der Waals surface area contributed by atoms with Crippen molar-refractivity contribution in [2.75, 3.05) is 0 Å². The smallest absolute Gasteiger partial charge is 0.224 e. The first-order chi connectivity index (χ1) is 13.8. The van der Waals surface area contributed by atoms with Crippen molar-refractivity contribution in [1.29, 1.82) is 0 Å². The van der Waals surface area contributed by atoms with Crippen molar-refractivity contribution in [3.8, 4) is 5.69 Å². The Labute approximate surface area is 162 Å². The molecule has 6 nitrogen and oxygen atoms in total. The summed E-state index contributed by atoms with van der Waals surface area (Å²) < 4.78 is 7.39. The number of furan rings is 1. The Kier molecular flexibility index (Phi) is 4.16. The average molecular weight is 372 g/mol. The lowest BCUT2D eigenvalue weighted by Crippen LogP contribution is -2.24. The lowest BCUT2D eigenvalue weighted by atomic mass is 10.0. The summed E-state index contributed by atoms with van der Waals surface area (Å²) in [5, 5.41) is 8.16. The highest BCUT2D eigenvalue weighted by Crippen LogP contribution is 2.30. The molecule has 2 aromatic heterocycles. The second-order valence-electron chi connectivity index (χ2n) is 7.19. The third-order valence-corrected chi connectivity index (χ3v) is 5.33. The maximum atomic E-state index is 12.4. The van der Waals surface area contributed by atoms with E-state index in [-0.39, 0.29) is 5.91 Å². The molecule has 0 aliphatic heterocycles. The number of hydrogen-bond donors (Lipinski definition) is 1. The van der Waals surface area contributed by atoms with Gasteiger partial charge >= 0.3 is 0 Å². The summed E-state index contributed by atoms with van der Waals surface area (Å²) >= 11 is 0. The lowest BCUT2D eigenvalue weighted by molar-refractivity contribution is -0.120. The minimum Gasteiger partial charge on any atom is -0.464 e. The Balaban J connectivity index is 1.24. The molecule has 0 fully saturated rings. The van der Waals surface area contributed by atoms with Crippen molar-refractivity contribution in [1.82, 2.24) is 20.1 Å². The highest BCUT2D eigenvalue weighted by Gasteiger charge is 2.16. The normalized spacial score (nSPS) is 13.0.